The van der Waals surface area contributed by atoms with Crippen LogP contribution >= 0.6 is 7.60 Å². The summed E-state index contributed by atoms with van der Waals surface area (Å²) in [6.07, 6.45) is -0.308. The van der Waals surface area contributed by atoms with E-state index in [1.54, 1.807) is 6.92 Å². The molecular formula is C9H16N3O6P. The highest BCUT2D eigenvalue weighted by Gasteiger charge is 2.18. The largest absolute Gasteiger partial charge is 0.394 e. The van der Waals surface area contributed by atoms with E-state index in [-0.39, 0.29) is 12.4 Å². The van der Waals surface area contributed by atoms with E-state index in [2.05, 4.69) is 4.98 Å². The van der Waals surface area contributed by atoms with Crippen molar-refractivity contribution in [3.8, 4) is 0 Å². The minimum atomic E-state index is -4.32. The number of hydrogen-bond acceptors (Lipinski definition) is 6. The third kappa shape index (κ3) is 5.09. The van der Waals surface area contributed by atoms with E-state index in [9.17, 15) is 9.36 Å². The highest BCUT2D eigenvalue weighted by Crippen LogP contribution is 2.34. The Kier molecular flexibility index (Phi) is 5.21. The van der Waals surface area contributed by atoms with Crippen molar-refractivity contribution in [3.63, 3.8) is 0 Å². The van der Waals surface area contributed by atoms with Crippen LogP contribution in [0.15, 0.2) is 11.0 Å². The van der Waals surface area contributed by atoms with Crippen molar-refractivity contribution in [1.29, 1.82) is 0 Å². The predicted octanol–water partition coefficient (Wildman–Crippen LogP) is -1.35. The molecule has 19 heavy (non-hydrogen) atoms. The molecule has 1 aromatic heterocycles. The van der Waals surface area contributed by atoms with E-state index in [1.807, 2.05) is 0 Å². The van der Waals surface area contributed by atoms with Crippen LogP contribution in [0.1, 0.15) is 5.56 Å². The van der Waals surface area contributed by atoms with Gasteiger partial charge in [-0.1, -0.05) is 0 Å². The minimum Gasteiger partial charge on any atom is -0.394 e. The standard InChI is InChI=1S/C9H16N3O6P/c1-6-2-12(9(14)11-8(6)10)3-7(4-13)18-5-19(15,16)17/h2,7,13H,3-5H2,1H3,(H2,10,11,14)(H2,15,16,17)/t7-/m0/s1. The topological polar surface area (TPSA) is 148 Å². The van der Waals surface area contributed by atoms with E-state index < -0.39 is 32.3 Å². The summed E-state index contributed by atoms with van der Waals surface area (Å²) in [5, 5.41) is 9.06. The van der Waals surface area contributed by atoms with Gasteiger partial charge in [-0.3, -0.25) is 9.13 Å². The van der Waals surface area contributed by atoms with Crippen LogP contribution in [0.4, 0.5) is 5.82 Å². The van der Waals surface area contributed by atoms with Gasteiger partial charge in [-0.25, -0.2) is 4.79 Å². The molecule has 0 unspecified atom stereocenters. The normalized spacial score (nSPS) is 13.5. The Hall–Kier alpha value is -1.25. The van der Waals surface area contributed by atoms with Crippen molar-refractivity contribution in [2.75, 3.05) is 18.7 Å². The van der Waals surface area contributed by atoms with Crippen LogP contribution in [0, 0.1) is 6.92 Å². The molecular weight excluding hydrogens is 277 g/mol. The fourth-order valence-electron chi connectivity index (χ4n) is 1.33. The second kappa shape index (κ2) is 6.27. The van der Waals surface area contributed by atoms with E-state index in [1.165, 1.54) is 6.20 Å². The first-order valence-corrected chi connectivity index (χ1v) is 7.13. The maximum Gasteiger partial charge on any atom is 0.350 e. The summed E-state index contributed by atoms with van der Waals surface area (Å²) in [6.45, 7) is 1.09. The molecule has 0 bridgehead atoms. The number of aromatic nitrogens is 2. The number of ether oxygens (including phenoxy) is 1. The molecule has 9 nitrogen and oxygen atoms in total. The van der Waals surface area contributed by atoms with Gasteiger partial charge >= 0.3 is 13.3 Å². The fraction of sp³-hybridized carbons (Fsp3) is 0.556. The van der Waals surface area contributed by atoms with Gasteiger partial charge in [0.25, 0.3) is 0 Å². The van der Waals surface area contributed by atoms with Crippen LogP contribution in [-0.4, -0.2) is 43.5 Å². The van der Waals surface area contributed by atoms with E-state index in [4.69, 9.17) is 25.4 Å². The van der Waals surface area contributed by atoms with Crippen molar-refractivity contribution in [3.05, 3.63) is 22.2 Å². The molecule has 5 N–H and O–H groups in total. The zero-order chi connectivity index (χ0) is 14.6. The lowest BCUT2D eigenvalue weighted by atomic mass is 10.3. The predicted molar refractivity (Wildman–Crippen MR) is 66.5 cm³/mol. The first-order chi connectivity index (χ1) is 8.73. The van der Waals surface area contributed by atoms with Crippen LogP contribution < -0.4 is 11.4 Å². The first kappa shape index (κ1) is 15.8. The van der Waals surface area contributed by atoms with Gasteiger partial charge in [-0.2, -0.15) is 4.98 Å². The van der Waals surface area contributed by atoms with Crippen molar-refractivity contribution in [1.82, 2.24) is 9.55 Å². The van der Waals surface area contributed by atoms with Gasteiger partial charge in [0.1, 0.15) is 12.2 Å². The lowest BCUT2D eigenvalue weighted by Gasteiger charge is -2.17. The number of nitrogen functional groups attached to an aromatic ring is 1. The first-order valence-electron chi connectivity index (χ1n) is 5.33. The van der Waals surface area contributed by atoms with Crippen LogP contribution in [0.3, 0.4) is 0 Å². The number of rotatable bonds is 6. The molecule has 1 rings (SSSR count). The average molecular weight is 293 g/mol. The summed E-state index contributed by atoms with van der Waals surface area (Å²) < 4.78 is 16.7. The lowest BCUT2D eigenvalue weighted by Crippen LogP contribution is -2.32. The Morgan fingerprint density at radius 3 is 2.74 bits per heavy atom. The molecule has 0 amide bonds. The maximum absolute atomic E-state index is 11.5. The molecule has 0 aliphatic heterocycles. The number of aliphatic hydroxyl groups is 1. The zero-order valence-corrected chi connectivity index (χ0v) is 11.2. The molecule has 10 heteroatoms. The average Bonchev–Trinajstić information content (AvgIpc) is 2.29. The minimum absolute atomic E-state index is 0.0799. The summed E-state index contributed by atoms with van der Waals surface area (Å²) in [6, 6.07) is 0. The number of aryl methyl sites for hydroxylation is 1. The summed E-state index contributed by atoms with van der Waals surface area (Å²) in [5.41, 5.74) is 5.41. The van der Waals surface area contributed by atoms with Crippen LogP contribution in [-0.2, 0) is 15.8 Å². The Bertz CT molecular complexity index is 539. The van der Waals surface area contributed by atoms with Crippen molar-refractivity contribution in [2.24, 2.45) is 0 Å². The summed E-state index contributed by atoms with van der Waals surface area (Å²) in [7, 11) is -4.32. The Morgan fingerprint density at radius 2 is 2.21 bits per heavy atom. The van der Waals surface area contributed by atoms with Gasteiger partial charge in [0.15, 0.2) is 0 Å². The molecule has 0 saturated heterocycles. The number of nitrogens with two attached hydrogens (primary N) is 1. The van der Waals surface area contributed by atoms with Gasteiger partial charge in [0.2, 0.25) is 0 Å². The molecule has 0 saturated carbocycles. The highest BCUT2D eigenvalue weighted by atomic mass is 31.2. The second-order valence-electron chi connectivity index (χ2n) is 4.01. The van der Waals surface area contributed by atoms with Crippen LogP contribution in [0.25, 0.3) is 0 Å². The number of hydrogen-bond donors (Lipinski definition) is 4. The van der Waals surface area contributed by atoms with Gasteiger partial charge in [-0.05, 0) is 6.92 Å². The van der Waals surface area contributed by atoms with Crippen LogP contribution in [0.2, 0.25) is 0 Å². The van der Waals surface area contributed by atoms with Crippen molar-refractivity contribution in [2.45, 2.75) is 19.6 Å². The zero-order valence-electron chi connectivity index (χ0n) is 10.3. The molecule has 1 aromatic rings. The van der Waals surface area contributed by atoms with E-state index >= 15 is 0 Å². The van der Waals surface area contributed by atoms with Gasteiger partial charge < -0.3 is 25.4 Å². The number of aliphatic hydroxyl groups excluding tert-OH is 1. The molecule has 0 aromatic carbocycles. The Labute approximate surface area is 108 Å². The van der Waals surface area contributed by atoms with E-state index in [0.29, 0.717) is 5.56 Å². The highest BCUT2D eigenvalue weighted by molar-refractivity contribution is 7.51. The molecule has 0 spiro atoms. The smallest absolute Gasteiger partial charge is 0.350 e. The van der Waals surface area contributed by atoms with Gasteiger partial charge in [0.05, 0.1) is 19.3 Å². The fourth-order valence-corrected chi connectivity index (χ4v) is 1.73. The Balaban J connectivity index is 2.79. The molecule has 0 aliphatic rings. The second-order valence-corrected chi connectivity index (χ2v) is 5.60. The maximum atomic E-state index is 11.5. The molecule has 0 aliphatic carbocycles. The summed E-state index contributed by atoms with van der Waals surface area (Å²) in [5.74, 6) is 0.109. The summed E-state index contributed by atoms with van der Waals surface area (Å²) in [4.78, 5) is 32.4. The van der Waals surface area contributed by atoms with Crippen molar-refractivity contribution >= 4 is 13.4 Å². The summed E-state index contributed by atoms with van der Waals surface area (Å²) >= 11 is 0. The lowest BCUT2D eigenvalue weighted by molar-refractivity contribution is 0.0188. The molecule has 1 heterocycles. The monoisotopic (exact) mass is 293 g/mol. The van der Waals surface area contributed by atoms with Gasteiger partial charge in [-0.15, -0.1) is 0 Å². The number of anilines is 1. The quantitative estimate of drug-likeness (QED) is 0.470. The molecule has 0 radical (unpaired) electrons. The van der Waals surface area contributed by atoms with E-state index in [0.717, 1.165) is 4.57 Å². The molecule has 0 fully saturated rings. The molecule has 1 atom stereocenters. The third-order valence-corrected chi connectivity index (χ3v) is 2.78. The van der Waals surface area contributed by atoms with Crippen LogP contribution in [0.5, 0.6) is 0 Å². The molecule has 108 valence electrons. The van der Waals surface area contributed by atoms with Gasteiger partial charge in [0, 0.05) is 11.8 Å². The SMILES string of the molecule is Cc1cn(C[C@@H](CO)OCP(=O)(O)O)c(=O)nc1N. The third-order valence-electron chi connectivity index (χ3n) is 2.30. The Morgan fingerprint density at radius 1 is 1.58 bits per heavy atom. The number of nitrogens with zero attached hydrogens (tertiary/aromatic N) is 2. The van der Waals surface area contributed by atoms with Crippen molar-refractivity contribution < 1.29 is 24.2 Å².